The highest BCUT2D eigenvalue weighted by Gasteiger charge is 2.45. The van der Waals surface area contributed by atoms with E-state index in [1.54, 1.807) is 12.4 Å². The first-order chi connectivity index (χ1) is 13.1. The summed E-state index contributed by atoms with van der Waals surface area (Å²) in [5.74, 6) is 0.563. The quantitative estimate of drug-likeness (QED) is 0.887. The first-order valence-corrected chi connectivity index (χ1v) is 9.52. The van der Waals surface area contributed by atoms with Gasteiger partial charge >= 0.3 is 0 Å². The number of nitrogens with one attached hydrogen (secondary N) is 1. The predicted octanol–water partition coefficient (Wildman–Crippen LogP) is 1.67. The van der Waals surface area contributed by atoms with E-state index in [-0.39, 0.29) is 23.5 Å². The Morgan fingerprint density at radius 3 is 3.07 bits per heavy atom. The minimum atomic E-state index is -0.235. The van der Waals surface area contributed by atoms with E-state index >= 15 is 0 Å². The average molecular weight is 368 g/mol. The van der Waals surface area contributed by atoms with Crippen LogP contribution < -0.4 is 5.56 Å². The van der Waals surface area contributed by atoms with Gasteiger partial charge in [-0.2, -0.15) is 0 Å². The molecule has 1 atom stereocenters. The number of carbonyl (C=O) groups is 1. The van der Waals surface area contributed by atoms with Crippen molar-refractivity contribution in [1.82, 2.24) is 19.9 Å². The highest BCUT2D eigenvalue weighted by atomic mass is 16.5. The molecule has 1 aliphatic carbocycles. The Morgan fingerprint density at radius 2 is 2.30 bits per heavy atom. The van der Waals surface area contributed by atoms with Crippen molar-refractivity contribution in [3.8, 4) is 11.4 Å². The van der Waals surface area contributed by atoms with Crippen LogP contribution in [0, 0.1) is 0 Å². The molecule has 2 aromatic heterocycles. The lowest BCUT2D eigenvalue weighted by molar-refractivity contribution is -0.138. The molecule has 1 spiro atoms. The van der Waals surface area contributed by atoms with E-state index in [1.807, 2.05) is 24.0 Å². The summed E-state index contributed by atoms with van der Waals surface area (Å²) in [7, 11) is 0. The zero-order chi connectivity index (χ0) is 18.9. The molecule has 2 aliphatic rings. The van der Waals surface area contributed by atoms with Gasteiger partial charge in [0.2, 0.25) is 5.91 Å². The molecule has 4 rings (SSSR count). The number of hydrogen-bond acceptors (Lipinski definition) is 5. The van der Waals surface area contributed by atoms with Crippen LogP contribution in [0.15, 0.2) is 29.3 Å². The highest BCUT2D eigenvalue weighted by molar-refractivity contribution is 5.77. The Morgan fingerprint density at radius 1 is 1.41 bits per heavy atom. The molecule has 1 unspecified atom stereocenters. The lowest BCUT2D eigenvalue weighted by Gasteiger charge is -2.40. The van der Waals surface area contributed by atoms with Crippen molar-refractivity contribution in [3.63, 3.8) is 0 Å². The topological polar surface area (TPSA) is 88.2 Å². The molecule has 142 valence electrons. The third-order valence-electron chi connectivity index (χ3n) is 5.67. The first kappa shape index (κ1) is 17.9. The number of pyridine rings is 1. The van der Waals surface area contributed by atoms with E-state index in [0.717, 1.165) is 42.6 Å². The van der Waals surface area contributed by atoms with Crippen LogP contribution in [0.4, 0.5) is 0 Å². The zero-order valence-electron chi connectivity index (χ0n) is 15.5. The summed E-state index contributed by atoms with van der Waals surface area (Å²) in [6, 6.07) is 3.71. The van der Waals surface area contributed by atoms with Gasteiger partial charge in [0.15, 0.2) is 0 Å². The van der Waals surface area contributed by atoms with E-state index in [1.165, 1.54) is 0 Å². The van der Waals surface area contributed by atoms with Gasteiger partial charge in [-0.05, 0) is 44.7 Å². The summed E-state index contributed by atoms with van der Waals surface area (Å²) in [5, 5.41) is 0. The summed E-state index contributed by atoms with van der Waals surface area (Å²) in [6.07, 6.45) is 6.81. The molecule has 0 saturated carbocycles. The molecule has 7 nitrogen and oxygen atoms in total. The monoisotopic (exact) mass is 368 g/mol. The van der Waals surface area contributed by atoms with Crippen LogP contribution >= 0.6 is 0 Å². The molecule has 1 saturated heterocycles. The molecule has 7 heteroatoms. The number of ether oxygens (including phenoxy) is 1. The third-order valence-corrected chi connectivity index (χ3v) is 5.67. The van der Waals surface area contributed by atoms with Crippen molar-refractivity contribution < 1.29 is 9.53 Å². The summed E-state index contributed by atoms with van der Waals surface area (Å²) >= 11 is 0. The van der Waals surface area contributed by atoms with Gasteiger partial charge in [-0.15, -0.1) is 0 Å². The Labute approximate surface area is 157 Å². The van der Waals surface area contributed by atoms with Gasteiger partial charge in [-0.1, -0.05) is 0 Å². The molecule has 3 heterocycles. The number of carbonyl (C=O) groups excluding carboxylic acids is 1. The first-order valence-electron chi connectivity index (χ1n) is 9.52. The molecule has 0 radical (unpaired) electrons. The van der Waals surface area contributed by atoms with Crippen molar-refractivity contribution in [2.45, 2.75) is 38.0 Å². The van der Waals surface area contributed by atoms with Gasteiger partial charge in [0.1, 0.15) is 12.4 Å². The minimum Gasteiger partial charge on any atom is -0.372 e. The second-order valence-corrected chi connectivity index (χ2v) is 7.32. The maximum atomic E-state index is 12.7. The molecular formula is C20H24N4O3. The van der Waals surface area contributed by atoms with Crippen molar-refractivity contribution in [2.75, 3.05) is 26.3 Å². The minimum absolute atomic E-state index is 0.0155. The Balaban J connectivity index is 1.68. The van der Waals surface area contributed by atoms with Crippen molar-refractivity contribution in [1.29, 1.82) is 0 Å². The molecule has 1 fully saturated rings. The molecule has 0 aromatic carbocycles. The second-order valence-electron chi connectivity index (χ2n) is 7.32. The number of aromatic nitrogens is 3. The lowest BCUT2D eigenvalue weighted by Crippen LogP contribution is -2.49. The van der Waals surface area contributed by atoms with Crippen LogP contribution in [-0.2, 0) is 21.4 Å². The third kappa shape index (κ3) is 3.27. The van der Waals surface area contributed by atoms with E-state index in [2.05, 4.69) is 9.97 Å². The van der Waals surface area contributed by atoms with Crippen LogP contribution in [-0.4, -0.2) is 52.1 Å². The van der Waals surface area contributed by atoms with Crippen molar-refractivity contribution in [2.24, 2.45) is 0 Å². The van der Waals surface area contributed by atoms with E-state index in [4.69, 9.17) is 9.72 Å². The number of aromatic amines is 1. The van der Waals surface area contributed by atoms with Gasteiger partial charge in [-0.25, -0.2) is 4.98 Å². The number of rotatable bonds is 4. The summed E-state index contributed by atoms with van der Waals surface area (Å²) in [4.78, 5) is 38.9. The molecular weight excluding hydrogens is 344 g/mol. The molecule has 0 bridgehead atoms. The molecule has 27 heavy (non-hydrogen) atoms. The van der Waals surface area contributed by atoms with Crippen LogP contribution in [0.25, 0.3) is 11.4 Å². The molecule has 2 aromatic rings. The van der Waals surface area contributed by atoms with Gasteiger partial charge in [-0.3, -0.25) is 14.6 Å². The number of amides is 1. The SMILES string of the molecule is CCOCC(=O)N1CCCC2(CCc3c2nc(-c2cccnc2)[nH]c3=O)C1. The van der Waals surface area contributed by atoms with Crippen molar-refractivity contribution in [3.05, 3.63) is 46.1 Å². The van der Waals surface area contributed by atoms with Gasteiger partial charge in [0, 0.05) is 48.6 Å². The Bertz CT molecular complexity index is 896. The Hall–Kier alpha value is -2.54. The molecule has 1 amide bonds. The van der Waals surface area contributed by atoms with E-state index in [9.17, 15) is 9.59 Å². The number of nitrogens with zero attached hydrogens (tertiary/aromatic N) is 3. The number of hydrogen-bond donors (Lipinski definition) is 1. The van der Waals surface area contributed by atoms with Crippen molar-refractivity contribution >= 4 is 5.91 Å². The van der Waals surface area contributed by atoms with Gasteiger partial charge in [0.05, 0.1) is 5.69 Å². The normalized spacial score (nSPS) is 21.4. The molecule has 1 aliphatic heterocycles. The van der Waals surface area contributed by atoms with Crippen LogP contribution in [0.5, 0.6) is 0 Å². The van der Waals surface area contributed by atoms with E-state index in [0.29, 0.717) is 25.4 Å². The molecule has 1 N–H and O–H groups in total. The second kappa shape index (κ2) is 7.23. The number of piperidine rings is 1. The average Bonchev–Trinajstić information content (AvgIpc) is 3.05. The number of fused-ring (bicyclic) bond motifs is 2. The number of H-pyrrole nitrogens is 1. The predicted molar refractivity (Wildman–Crippen MR) is 100 cm³/mol. The fraction of sp³-hybridized carbons (Fsp3) is 0.500. The summed E-state index contributed by atoms with van der Waals surface area (Å²) < 4.78 is 5.30. The van der Waals surface area contributed by atoms with Crippen LogP contribution in [0.1, 0.15) is 37.4 Å². The largest absolute Gasteiger partial charge is 0.372 e. The summed E-state index contributed by atoms with van der Waals surface area (Å²) in [6.45, 7) is 3.87. The maximum absolute atomic E-state index is 12.7. The Kier molecular flexibility index (Phi) is 4.78. The van der Waals surface area contributed by atoms with Crippen LogP contribution in [0.2, 0.25) is 0 Å². The zero-order valence-corrected chi connectivity index (χ0v) is 15.5. The fourth-order valence-corrected chi connectivity index (χ4v) is 4.31. The van der Waals surface area contributed by atoms with E-state index < -0.39 is 0 Å². The smallest absolute Gasteiger partial charge is 0.254 e. The standard InChI is InChI=1S/C20H24N4O3/c1-2-27-12-16(25)24-10-4-7-20(13-24)8-6-15-17(20)22-18(23-19(15)26)14-5-3-9-21-11-14/h3,5,9,11H,2,4,6-8,10,12-13H2,1H3,(H,22,23,26). The van der Waals surface area contributed by atoms with Gasteiger partial charge < -0.3 is 14.6 Å². The number of likely N-dealkylation sites (tertiary alicyclic amines) is 1. The fourth-order valence-electron chi connectivity index (χ4n) is 4.31. The highest BCUT2D eigenvalue weighted by Crippen LogP contribution is 2.43. The maximum Gasteiger partial charge on any atom is 0.254 e. The lowest BCUT2D eigenvalue weighted by atomic mass is 9.77. The summed E-state index contributed by atoms with van der Waals surface area (Å²) in [5.41, 5.74) is 2.11. The van der Waals surface area contributed by atoms with Crippen LogP contribution in [0.3, 0.4) is 0 Å². The van der Waals surface area contributed by atoms with Gasteiger partial charge in [0.25, 0.3) is 5.56 Å².